The molecule has 2 aromatic carbocycles. The van der Waals surface area contributed by atoms with Gasteiger partial charge in [-0.2, -0.15) is 0 Å². The van der Waals surface area contributed by atoms with E-state index in [1.807, 2.05) is 6.07 Å². The number of carbonyl (C=O) groups is 1. The van der Waals surface area contributed by atoms with Crippen molar-refractivity contribution in [3.8, 4) is 5.75 Å². The van der Waals surface area contributed by atoms with E-state index in [-0.39, 0.29) is 5.91 Å². The third-order valence-electron chi connectivity index (χ3n) is 5.96. The topological polar surface area (TPSA) is 69.3 Å². The number of nitrogens with one attached hydrogen (secondary N) is 1. The van der Waals surface area contributed by atoms with Gasteiger partial charge in [-0.25, -0.2) is 4.98 Å². The van der Waals surface area contributed by atoms with Crippen molar-refractivity contribution >= 4 is 16.9 Å². The molecule has 178 valence electrons. The maximum Gasteiger partial charge on any atom is 0.286 e. The van der Waals surface area contributed by atoms with Crippen molar-refractivity contribution in [3.63, 3.8) is 0 Å². The van der Waals surface area contributed by atoms with E-state index in [0.717, 1.165) is 55.7 Å². The Morgan fingerprint density at radius 2 is 1.91 bits per heavy atom. The predicted octanol–water partition coefficient (Wildman–Crippen LogP) is 5.86. The van der Waals surface area contributed by atoms with Crippen LogP contribution in [0.15, 0.2) is 65.3 Å². The molecule has 0 fully saturated rings. The van der Waals surface area contributed by atoms with Crippen LogP contribution in [-0.2, 0) is 13.0 Å². The number of aryl methyl sites for hydroxylation is 4. The third kappa shape index (κ3) is 6.07. The number of amides is 1. The smallest absolute Gasteiger partial charge is 0.286 e. The second-order valence-electron chi connectivity index (χ2n) is 8.68. The number of nitrogens with zero attached hydrogens (tertiary/aromatic N) is 2. The summed E-state index contributed by atoms with van der Waals surface area (Å²) in [6.07, 6.45) is 6.32. The number of hydrogen-bond donors (Lipinski definition) is 1. The highest BCUT2D eigenvalue weighted by Crippen LogP contribution is 2.21. The molecule has 6 heteroatoms. The Kier molecular flexibility index (Phi) is 8.02. The van der Waals surface area contributed by atoms with Gasteiger partial charge in [0.15, 0.2) is 5.76 Å². The predicted molar refractivity (Wildman–Crippen MR) is 134 cm³/mol. The minimum Gasteiger partial charge on any atom is -0.493 e. The highest BCUT2D eigenvalue weighted by Gasteiger charge is 2.11. The van der Waals surface area contributed by atoms with Crippen molar-refractivity contribution in [1.82, 2.24) is 14.9 Å². The Balaban J connectivity index is 1.26. The van der Waals surface area contributed by atoms with Crippen molar-refractivity contribution in [3.05, 3.63) is 83.6 Å². The molecule has 0 radical (unpaired) electrons. The number of unbranched alkanes of at least 4 members (excludes halogenated alkanes) is 2. The number of imidazole rings is 1. The van der Waals surface area contributed by atoms with E-state index in [9.17, 15) is 4.79 Å². The molecular formula is C28H33N3O3. The van der Waals surface area contributed by atoms with E-state index in [1.54, 1.807) is 12.1 Å². The number of aromatic nitrogens is 2. The molecule has 4 aromatic rings. The van der Waals surface area contributed by atoms with Gasteiger partial charge in [0.25, 0.3) is 5.91 Å². The summed E-state index contributed by atoms with van der Waals surface area (Å²) in [4.78, 5) is 16.8. The zero-order valence-electron chi connectivity index (χ0n) is 20.0. The maximum absolute atomic E-state index is 11.9. The quantitative estimate of drug-likeness (QED) is 0.270. The van der Waals surface area contributed by atoms with Gasteiger partial charge in [0.2, 0.25) is 0 Å². The highest BCUT2D eigenvalue weighted by molar-refractivity contribution is 5.91. The normalized spacial score (nSPS) is 11.1. The molecule has 0 saturated heterocycles. The van der Waals surface area contributed by atoms with E-state index in [2.05, 4.69) is 60.1 Å². The summed E-state index contributed by atoms with van der Waals surface area (Å²) in [6.45, 7) is 6.38. The minimum absolute atomic E-state index is 0.158. The van der Waals surface area contributed by atoms with Crippen molar-refractivity contribution in [2.45, 2.75) is 52.5 Å². The second-order valence-corrected chi connectivity index (χ2v) is 8.68. The SMILES string of the molecule is Cc1ccc(OCCCn2c(CCCCCNC(=O)c3ccco3)nc3ccccc32)c(C)c1. The standard InChI is InChI=1S/C28H33N3O3/c1-21-14-15-25(22(2)20-21)33-19-9-17-31-24-11-6-5-10-23(24)30-27(31)13-4-3-7-16-29-28(32)26-12-8-18-34-26/h5-6,8,10-12,14-15,18,20H,3-4,7,9,13,16-17,19H2,1-2H3,(H,29,32). The Morgan fingerprint density at radius 1 is 1.03 bits per heavy atom. The van der Waals surface area contributed by atoms with E-state index in [1.165, 1.54) is 22.9 Å². The molecule has 0 bridgehead atoms. The fourth-order valence-corrected chi connectivity index (χ4v) is 4.21. The number of furan rings is 1. The van der Waals surface area contributed by atoms with E-state index in [4.69, 9.17) is 14.1 Å². The number of para-hydroxylation sites is 2. The lowest BCUT2D eigenvalue weighted by Gasteiger charge is -2.12. The molecule has 0 saturated carbocycles. The zero-order chi connectivity index (χ0) is 23.8. The first kappa shape index (κ1) is 23.6. The molecule has 1 amide bonds. The fourth-order valence-electron chi connectivity index (χ4n) is 4.21. The average molecular weight is 460 g/mol. The van der Waals surface area contributed by atoms with Gasteiger partial charge in [-0.3, -0.25) is 4.79 Å². The molecule has 6 nitrogen and oxygen atoms in total. The minimum atomic E-state index is -0.158. The van der Waals surface area contributed by atoms with Crippen LogP contribution in [0.4, 0.5) is 0 Å². The van der Waals surface area contributed by atoms with Crippen LogP contribution in [0, 0.1) is 13.8 Å². The summed E-state index contributed by atoms with van der Waals surface area (Å²) in [5, 5.41) is 2.90. The Hall–Kier alpha value is -3.54. The molecule has 0 spiro atoms. The molecule has 0 aliphatic rings. The van der Waals surface area contributed by atoms with Crippen molar-refractivity contribution < 1.29 is 13.9 Å². The van der Waals surface area contributed by atoms with Gasteiger partial charge in [0, 0.05) is 19.5 Å². The van der Waals surface area contributed by atoms with E-state index in [0.29, 0.717) is 18.9 Å². The van der Waals surface area contributed by atoms with Crippen molar-refractivity contribution in [2.24, 2.45) is 0 Å². The summed E-state index contributed by atoms with van der Waals surface area (Å²) in [5.41, 5.74) is 4.64. The molecule has 0 atom stereocenters. The number of fused-ring (bicyclic) bond motifs is 1. The highest BCUT2D eigenvalue weighted by atomic mass is 16.5. The van der Waals surface area contributed by atoms with Gasteiger partial charge in [-0.05, 0) is 69.0 Å². The molecule has 0 unspecified atom stereocenters. The fraction of sp³-hybridized carbons (Fsp3) is 0.357. The first-order chi connectivity index (χ1) is 16.6. The number of hydrogen-bond acceptors (Lipinski definition) is 4. The van der Waals surface area contributed by atoms with Gasteiger partial charge in [0.1, 0.15) is 11.6 Å². The molecule has 1 N–H and O–H groups in total. The second kappa shape index (κ2) is 11.5. The summed E-state index contributed by atoms with van der Waals surface area (Å²) >= 11 is 0. The van der Waals surface area contributed by atoms with Gasteiger partial charge in [-0.15, -0.1) is 0 Å². The Morgan fingerprint density at radius 3 is 2.74 bits per heavy atom. The molecule has 0 aliphatic heterocycles. The lowest BCUT2D eigenvalue weighted by Crippen LogP contribution is -2.23. The Labute approximate surface area is 200 Å². The van der Waals surface area contributed by atoms with Crippen LogP contribution in [0.5, 0.6) is 5.75 Å². The first-order valence-electron chi connectivity index (χ1n) is 12.1. The molecular weight excluding hydrogens is 426 g/mol. The summed E-state index contributed by atoms with van der Waals surface area (Å²) in [5.74, 6) is 2.28. The third-order valence-corrected chi connectivity index (χ3v) is 5.96. The van der Waals surface area contributed by atoms with E-state index < -0.39 is 0 Å². The lowest BCUT2D eigenvalue weighted by atomic mass is 10.1. The van der Waals surface area contributed by atoms with Crippen LogP contribution in [0.3, 0.4) is 0 Å². The van der Waals surface area contributed by atoms with Crippen LogP contribution in [-0.4, -0.2) is 28.6 Å². The zero-order valence-corrected chi connectivity index (χ0v) is 20.0. The summed E-state index contributed by atoms with van der Waals surface area (Å²) < 4.78 is 13.5. The maximum atomic E-state index is 11.9. The molecule has 34 heavy (non-hydrogen) atoms. The van der Waals surface area contributed by atoms with E-state index >= 15 is 0 Å². The van der Waals surface area contributed by atoms with Crippen molar-refractivity contribution in [1.29, 1.82) is 0 Å². The Bertz CT molecular complexity index is 1210. The van der Waals surface area contributed by atoms with Crippen LogP contribution in [0.25, 0.3) is 11.0 Å². The van der Waals surface area contributed by atoms with Crippen LogP contribution < -0.4 is 10.1 Å². The van der Waals surface area contributed by atoms with Gasteiger partial charge >= 0.3 is 0 Å². The molecule has 2 aromatic heterocycles. The molecule has 4 rings (SSSR count). The number of carbonyl (C=O) groups excluding carboxylic acids is 1. The summed E-state index contributed by atoms with van der Waals surface area (Å²) in [6, 6.07) is 18.0. The molecule has 2 heterocycles. The largest absolute Gasteiger partial charge is 0.493 e. The van der Waals surface area contributed by atoms with Crippen molar-refractivity contribution in [2.75, 3.05) is 13.2 Å². The average Bonchev–Trinajstić information content (AvgIpc) is 3.48. The van der Waals surface area contributed by atoms with Gasteiger partial charge in [0.05, 0.1) is 23.9 Å². The lowest BCUT2D eigenvalue weighted by molar-refractivity contribution is 0.0925. The van der Waals surface area contributed by atoms with Crippen LogP contribution in [0.1, 0.15) is 53.2 Å². The molecule has 0 aliphatic carbocycles. The summed E-state index contributed by atoms with van der Waals surface area (Å²) in [7, 11) is 0. The number of benzene rings is 2. The number of rotatable bonds is 12. The number of ether oxygens (including phenoxy) is 1. The van der Waals surface area contributed by atoms with Gasteiger partial charge < -0.3 is 19.0 Å². The monoisotopic (exact) mass is 459 g/mol. The van der Waals surface area contributed by atoms with Gasteiger partial charge in [-0.1, -0.05) is 36.2 Å². The first-order valence-corrected chi connectivity index (χ1v) is 12.1. The van der Waals surface area contributed by atoms with Crippen LogP contribution in [0.2, 0.25) is 0 Å². The van der Waals surface area contributed by atoms with Crippen LogP contribution >= 0.6 is 0 Å².